The van der Waals surface area contributed by atoms with Crippen LogP contribution < -0.4 is 16.2 Å². The Labute approximate surface area is 207 Å². The molecule has 0 spiro atoms. The Balaban J connectivity index is 1.66. The molecule has 1 saturated heterocycles. The highest BCUT2D eigenvalue weighted by atomic mass is 35.5. The molecule has 1 aliphatic heterocycles. The predicted octanol–water partition coefficient (Wildman–Crippen LogP) is 5.14. The van der Waals surface area contributed by atoms with Gasteiger partial charge in [-0.05, 0) is 80.7 Å². The van der Waals surface area contributed by atoms with Crippen LogP contribution in [0, 0.1) is 11.6 Å². The topological polar surface area (TPSA) is 94.5 Å². The largest absolute Gasteiger partial charge is 0.482 e. The molecule has 0 saturated carbocycles. The number of pyridine rings is 1. The Morgan fingerprint density at radius 3 is 2.60 bits per heavy atom. The summed E-state index contributed by atoms with van der Waals surface area (Å²) in [6.45, 7) is 4.53. The van der Waals surface area contributed by atoms with E-state index in [1.54, 1.807) is 31.3 Å². The third-order valence-corrected chi connectivity index (χ3v) is 6.65. The fourth-order valence-corrected chi connectivity index (χ4v) is 4.69. The molecule has 4 rings (SSSR count). The quantitative estimate of drug-likeness (QED) is 0.418. The minimum atomic E-state index is -0.926. The summed E-state index contributed by atoms with van der Waals surface area (Å²) in [5, 5.41) is -0.341. The molecule has 2 aromatic carbocycles. The normalized spacial score (nSPS) is 14.7. The number of carbonyl (C=O) groups excluding carboxylic acids is 1. The second-order valence-electron chi connectivity index (χ2n) is 8.66. The minimum Gasteiger partial charge on any atom is -0.482 e. The van der Waals surface area contributed by atoms with Gasteiger partial charge < -0.3 is 21.1 Å². The number of nitrogens with zero attached hydrogens (tertiary/aromatic N) is 2. The molecule has 3 aromatic rings. The van der Waals surface area contributed by atoms with Crippen LogP contribution in [0.3, 0.4) is 0 Å². The molecule has 6 nitrogen and oxygen atoms in total. The summed E-state index contributed by atoms with van der Waals surface area (Å²) in [6.07, 6.45) is 3.78. The van der Waals surface area contributed by atoms with Gasteiger partial charge in [-0.2, -0.15) is 0 Å². The van der Waals surface area contributed by atoms with E-state index >= 15 is 0 Å². The maximum Gasteiger partial charge on any atom is 0.248 e. The summed E-state index contributed by atoms with van der Waals surface area (Å²) in [7, 11) is 0. The number of hydrogen-bond donors (Lipinski definition) is 2. The first-order valence-corrected chi connectivity index (χ1v) is 11.8. The number of likely N-dealkylation sites (tertiary alicyclic amines) is 1. The predicted molar refractivity (Wildman–Crippen MR) is 132 cm³/mol. The van der Waals surface area contributed by atoms with Crippen molar-refractivity contribution in [2.75, 3.05) is 25.4 Å². The second-order valence-corrected chi connectivity index (χ2v) is 9.04. The van der Waals surface area contributed by atoms with Crippen LogP contribution >= 0.6 is 11.6 Å². The average Bonchev–Trinajstić information content (AvgIpc) is 3.35. The molecule has 184 valence electrons. The highest BCUT2D eigenvalue weighted by Gasteiger charge is 2.21. The molecule has 0 aliphatic carbocycles. The molecular formula is C26H27ClF2N4O2. The van der Waals surface area contributed by atoms with Crippen LogP contribution in [0.2, 0.25) is 5.02 Å². The number of nitrogens with two attached hydrogens (primary N) is 2. The molecule has 0 bridgehead atoms. The Morgan fingerprint density at radius 2 is 1.89 bits per heavy atom. The Kier molecular flexibility index (Phi) is 7.52. The van der Waals surface area contributed by atoms with Crippen molar-refractivity contribution in [1.82, 2.24) is 9.88 Å². The first-order chi connectivity index (χ1) is 16.7. The van der Waals surface area contributed by atoms with Gasteiger partial charge in [0.05, 0.1) is 5.02 Å². The van der Waals surface area contributed by atoms with Crippen LogP contribution in [0.4, 0.5) is 14.6 Å². The van der Waals surface area contributed by atoms with Gasteiger partial charge in [0.15, 0.2) is 11.6 Å². The molecule has 35 heavy (non-hydrogen) atoms. The van der Waals surface area contributed by atoms with Gasteiger partial charge in [0.25, 0.3) is 0 Å². The van der Waals surface area contributed by atoms with Crippen molar-refractivity contribution in [1.29, 1.82) is 0 Å². The number of halogens is 3. The minimum absolute atomic E-state index is 0.0981. The molecule has 4 N–H and O–H groups in total. The maximum absolute atomic E-state index is 14.4. The maximum atomic E-state index is 14.4. The van der Waals surface area contributed by atoms with Crippen molar-refractivity contribution >= 4 is 23.3 Å². The number of amides is 1. The molecule has 1 aliphatic rings. The summed E-state index contributed by atoms with van der Waals surface area (Å²) >= 11 is 5.99. The third-order valence-electron chi connectivity index (χ3n) is 6.27. The highest BCUT2D eigenvalue weighted by Crippen LogP contribution is 2.35. The van der Waals surface area contributed by atoms with Crippen LogP contribution in [0.25, 0.3) is 11.1 Å². The molecule has 1 amide bonds. The number of nitrogen functional groups attached to an aromatic ring is 1. The van der Waals surface area contributed by atoms with Crippen molar-refractivity contribution in [3.05, 3.63) is 75.9 Å². The summed E-state index contributed by atoms with van der Waals surface area (Å²) in [6, 6.07) is 8.95. The van der Waals surface area contributed by atoms with Gasteiger partial charge in [-0.25, -0.2) is 13.8 Å². The molecule has 9 heteroatoms. The molecule has 1 atom stereocenters. The highest BCUT2D eigenvalue weighted by molar-refractivity contribution is 6.31. The molecule has 2 heterocycles. The lowest BCUT2D eigenvalue weighted by Crippen LogP contribution is -2.22. The van der Waals surface area contributed by atoms with Gasteiger partial charge in [0.2, 0.25) is 5.91 Å². The zero-order valence-electron chi connectivity index (χ0n) is 19.4. The van der Waals surface area contributed by atoms with Crippen LogP contribution in [0.15, 0.2) is 42.6 Å². The standard InChI is InChI=1S/C26H27ClF2N4O2/c1-15(23-20(28)6-7-21(29)24(23)27)35-22-13-18(14-32-25(22)30)19-5-4-17(26(31)34)12-16(19)8-11-33-9-2-3-10-33/h4-7,12-15H,2-3,8-11H2,1H3,(H2,30,32)(H2,31,34). The van der Waals surface area contributed by atoms with Crippen molar-refractivity contribution in [2.24, 2.45) is 5.73 Å². The fraction of sp³-hybridized carbons (Fsp3) is 0.308. The van der Waals surface area contributed by atoms with Crippen molar-refractivity contribution in [2.45, 2.75) is 32.3 Å². The van der Waals surface area contributed by atoms with E-state index in [1.165, 1.54) is 12.8 Å². The number of anilines is 1. The van der Waals surface area contributed by atoms with E-state index in [4.69, 9.17) is 27.8 Å². The van der Waals surface area contributed by atoms with Gasteiger partial charge in [-0.3, -0.25) is 4.79 Å². The lowest BCUT2D eigenvalue weighted by molar-refractivity contribution is 0.1000. The second kappa shape index (κ2) is 10.6. The van der Waals surface area contributed by atoms with Gasteiger partial charge in [0, 0.05) is 29.4 Å². The smallest absolute Gasteiger partial charge is 0.248 e. The Morgan fingerprint density at radius 1 is 1.17 bits per heavy atom. The van der Waals surface area contributed by atoms with Gasteiger partial charge in [-0.1, -0.05) is 17.7 Å². The van der Waals surface area contributed by atoms with E-state index in [9.17, 15) is 13.6 Å². The zero-order chi connectivity index (χ0) is 25.1. The number of primary amides is 1. The van der Waals surface area contributed by atoms with E-state index in [2.05, 4.69) is 9.88 Å². The van der Waals surface area contributed by atoms with E-state index < -0.39 is 23.6 Å². The molecular weight excluding hydrogens is 474 g/mol. The Bertz CT molecular complexity index is 1250. The molecule has 1 aromatic heterocycles. The number of ether oxygens (including phenoxy) is 1. The van der Waals surface area contributed by atoms with Crippen LogP contribution in [-0.2, 0) is 6.42 Å². The van der Waals surface area contributed by atoms with E-state index in [0.717, 1.165) is 49.3 Å². The molecule has 1 unspecified atom stereocenters. The lowest BCUT2D eigenvalue weighted by Gasteiger charge is -2.20. The van der Waals surface area contributed by atoms with E-state index in [1.807, 2.05) is 6.07 Å². The van der Waals surface area contributed by atoms with Crippen LogP contribution in [0.1, 0.15) is 47.4 Å². The number of carbonyl (C=O) groups is 1. The number of hydrogen-bond acceptors (Lipinski definition) is 5. The van der Waals surface area contributed by atoms with Gasteiger partial charge in [0.1, 0.15) is 17.7 Å². The monoisotopic (exact) mass is 500 g/mol. The van der Waals surface area contributed by atoms with Crippen molar-refractivity contribution < 1.29 is 18.3 Å². The summed E-state index contributed by atoms with van der Waals surface area (Å²) in [4.78, 5) is 18.4. The average molecular weight is 501 g/mol. The van der Waals surface area contributed by atoms with E-state index in [0.29, 0.717) is 11.1 Å². The summed E-state index contributed by atoms with van der Waals surface area (Å²) < 4.78 is 34.2. The number of benzene rings is 2. The number of rotatable bonds is 8. The van der Waals surface area contributed by atoms with Crippen molar-refractivity contribution in [3.8, 4) is 16.9 Å². The first-order valence-electron chi connectivity index (χ1n) is 11.5. The summed E-state index contributed by atoms with van der Waals surface area (Å²) in [5.74, 6) is -1.62. The number of aromatic nitrogens is 1. The molecule has 0 radical (unpaired) electrons. The summed E-state index contributed by atoms with van der Waals surface area (Å²) in [5.41, 5.74) is 14.4. The van der Waals surface area contributed by atoms with E-state index in [-0.39, 0.29) is 22.2 Å². The first kappa shape index (κ1) is 24.9. The lowest BCUT2D eigenvalue weighted by atomic mass is 9.96. The van der Waals surface area contributed by atoms with Gasteiger partial charge in [-0.15, -0.1) is 0 Å². The van der Waals surface area contributed by atoms with Gasteiger partial charge >= 0.3 is 0 Å². The zero-order valence-corrected chi connectivity index (χ0v) is 20.1. The SMILES string of the molecule is CC(Oc1cc(-c2ccc(C(N)=O)cc2CCN2CCCC2)cnc1N)c1c(F)ccc(F)c1Cl. The Hall–Kier alpha value is -3.23. The molecule has 1 fully saturated rings. The van der Waals surface area contributed by atoms with Crippen molar-refractivity contribution in [3.63, 3.8) is 0 Å². The fourth-order valence-electron chi connectivity index (χ4n) is 4.38. The van der Waals surface area contributed by atoms with Crippen LogP contribution in [-0.4, -0.2) is 35.4 Å². The third kappa shape index (κ3) is 5.55. The van der Waals surface area contributed by atoms with Crippen LogP contribution in [0.5, 0.6) is 5.75 Å².